The van der Waals surface area contributed by atoms with Gasteiger partial charge < -0.3 is 44.9 Å². The Morgan fingerprint density at radius 2 is 1.54 bits per heavy atom. The molecule has 1 unspecified atom stereocenters. The monoisotopic (exact) mass is 921 g/mol. The molecule has 5 N–H and O–H groups in total. The summed E-state index contributed by atoms with van der Waals surface area (Å²) in [7, 11) is 0. The number of phenolic OH excluding ortho intramolecular Hbond substituents is 1. The maximum Gasteiger partial charge on any atom is 0.408 e. The molecule has 2 amide bonds. The van der Waals surface area contributed by atoms with Crippen molar-refractivity contribution >= 4 is 28.9 Å². The molecule has 14 heteroatoms. The van der Waals surface area contributed by atoms with Gasteiger partial charge in [0.15, 0.2) is 0 Å². The lowest BCUT2D eigenvalue weighted by Crippen LogP contribution is -2.52. The lowest BCUT2D eigenvalue weighted by Gasteiger charge is -2.43. The second-order valence-electron chi connectivity index (χ2n) is 17.5. The van der Waals surface area contributed by atoms with E-state index < -0.39 is 24.2 Å². The van der Waals surface area contributed by atoms with Crippen LogP contribution in [0.25, 0.3) is 10.9 Å². The normalized spacial score (nSPS) is 17.2. The number of fused-ring (bicyclic) bond motifs is 4. The number of nitrogens with one attached hydrogen (secondary N) is 3. The number of ether oxygens (including phenoxy) is 3. The van der Waals surface area contributed by atoms with Crippen LogP contribution in [-0.4, -0.2) is 101 Å². The highest BCUT2D eigenvalue weighted by Crippen LogP contribution is 2.32. The number of piperidine rings is 3. The minimum atomic E-state index is -0.899. The van der Waals surface area contributed by atoms with Crippen molar-refractivity contribution in [1.82, 2.24) is 25.4 Å². The molecule has 14 nitrogen and oxygen atoms in total. The number of nitrogens with zero attached hydrogens (tertiary/aromatic N) is 2. The van der Waals surface area contributed by atoms with Gasteiger partial charge in [0.05, 0.1) is 36.3 Å². The number of pyridine rings is 1. The zero-order valence-electron chi connectivity index (χ0n) is 38.1. The number of rotatable bonds is 21. The molecule has 0 spiro atoms. The molecule has 1 aromatic heterocycles. The van der Waals surface area contributed by atoms with E-state index in [0.717, 1.165) is 54.7 Å². The third kappa shape index (κ3) is 12.7. The summed E-state index contributed by atoms with van der Waals surface area (Å²) in [5, 5.41) is 28.1. The van der Waals surface area contributed by atoms with E-state index in [-0.39, 0.29) is 55.0 Å². The molecule has 0 aliphatic carbocycles. The average molecular weight is 922 g/mol. The predicted octanol–water partition coefficient (Wildman–Crippen LogP) is 7.05. The number of phenols is 1. The first-order chi connectivity index (χ1) is 33.2. The van der Waals surface area contributed by atoms with Crippen molar-refractivity contribution in [1.29, 1.82) is 0 Å². The van der Waals surface area contributed by atoms with Gasteiger partial charge in [-0.05, 0) is 115 Å². The number of hydrogen-bond donors (Lipinski definition) is 5. The first kappa shape index (κ1) is 47.5. The quantitative estimate of drug-likeness (QED) is 0.0369. The molecular weight excluding hydrogens is 863 g/mol. The topological polar surface area (TPSA) is 183 Å². The minimum absolute atomic E-state index is 0.0381. The van der Waals surface area contributed by atoms with Gasteiger partial charge in [0.1, 0.15) is 24.2 Å². The van der Waals surface area contributed by atoms with Gasteiger partial charge in [-0.15, -0.1) is 0 Å². The Morgan fingerprint density at radius 3 is 2.29 bits per heavy atom. The van der Waals surface area contributed by atoms with Gasteiger partial charge >= 0.3 is 12.1 Å². The van der Waals surface area contributed by atoms with Crippen molar-refractivity contribution in [2.75, 3.05) is 52.4 Å². The molecule has 3 aliphatic rings. The standard InChI is InChI=1S/C54H59N5O9/c60-46-22-20-44(45-21-23-49(62)56-52(45)46)47(61)34-55-26-8-27-59(50(63)32-37-10-3-1-4-11-37)28-9-31-66-53(64)41-18-16-38(17-19-41)36-67-43-15-7-14-42(33-43)51(40-12-5-2-6-13-40)57-54(65)68-48-35-58-29-24-39(48)25-30-58/h1-7,10-23,33,39,47-48,51,55,60-61H,8-9,24-32,34-36H2,(H,56,62)(H,57,65)/t47-,48-,51?/m0/s1. The number of aromatic amines is 1. The van der Waals surface area contributed by atoms with Crippen LogP contribution >= 0.6 is 0 Å². The third-order valence-corrected chi connectivity index (χ3v) is 12.8. The van der Waals surface area contributed by atoms with Crippen molar-refractivity contribution in [2.24, 2.45) is 5.92 Å². The second kappa shape index (κ2) is 23.1. The SMILES string of the molecule is O=C(NC(c1ccccc1)c1cccc(OCc2ccc(C(=O)OCCCN(CCCNC[C@H](O)c3ccc(O)c4[nH]c(=O)ccc34)C(=O)Cc3ccccc3)cc2)c1)O[C@H]1CN2CCC1CC2. The molecule has 3 saturated heterocycles. The Balaban J connectivity index is 0.796. The molecule has 354 valence electrons. The molecule has 0 saturated carbocycles. The number of aliphatic hydroxyl groups is 1. The van der Waals surface area contributed by atoms with E-state index in [2.05, 4.69) is 20.5 Å². The molecule has 9 rings (SSSR count). The molecule has 3 aliphatic heterocycles. The molecule has 3 fully saturated rings. The Bertz CT molecular complexity index is 2670. The molecule has 6 aromatic rings. The molecule has 3 atom stereocenters. The number of aliphatic hydroxyl groups excluding tert-OH is 1. The number of benzene rings is 5. The average Bonchev–Trinajstić information content (AvgIpc) is 3.36. The molecular formula is C54H59N5O9. The van der Waals surface area contributed by atoms with Gasteiger partial charge in [0.25, 0.3) is 0 Å². The summed E-state index contributed by atoms with van der Waals surface area (Å²) in [5.41, 5.74) is 4.43. The number of H-pyrrole nitrogens is 1. The van der Waals surface area contributed by atoms with Crippen LogP contribution in [0.4, 0.5) is 4.79 Å². The molecule has 0 radical (unpaired) electrons. The summed E-state index contributed by atoms with van der Waals surface area (Å²) < 4.78 is 17.8. The predicted molar refractivity (Wildman–Crippen MR) is 258 cm³/mol. The summed E-state index contributed by atoms with van der Waals surface area (Å²) in [4.78, 5) is 58.4. The van der Waals surface area contributed by atoms with Crippen molar-refractivity contribution < 1.29 is 38.8 Å². The van der Waals surface area contributed by atoms with Gasteiger partial charge in [0, 0.05) is 37.6 Å². The number of aromatic nitrogens is 1. The van der Waals surface area contributed by atoms with Crippen LogP contribution in [0.15, 0.2) is 138 Å². The number of esters is 1. The van der Waals surface area contributed by atoms with Gasteiger partial charge in [0.2, 0.25) is 11.5 Å². The Kier molecular flexibility index (Phi) is 16.2. The number of carbonyl (C=O) groups is 3. The van der Waals surface area contributed by atoms with E-state index in [0.29, 0.717) is 60.7 Å². The second-order valence-corrected chi connectivity index (χ2v) is 17.5. The number of alkyl carbamates (subject to hydrolysis) is 1. The van der Waals surface area contributed by atoms with Crippen LogP contribution in [0.3, 0.4) is 0 Å². The van der Waals surface area contributed by atoms with Crippen LogP contribution in [0.2, 0.25) is 0 Å². The maximum atomic E-state index is 13.5. The number of carbonyl (C=O) groups excluding carboxylic acids is 3. The van der Waals surface area contributed by atoms with Crippen molar-refractivity contribution in [3.05, 3.63) is 177 Å². The third-order valence-electron chi connectivity index (χ3n) is 12.8. The largest absolute Gasteiger partial charge is 0.506 e. The van der Waals surface area contributed by atoms with E-state index in [1.54, 1.807) is 29.2 Å². The van der Waals surface area contributed by atoms with E-state index in [1.165, 1.54) is 12.1 Å². The molecule has 68 heavy (non-hydrogen) atoms. The van der Waals surface area contributed by atoms with E-state index in [1.807, 2.05) is 97.1 Å². The number of hydrogen-bond acceptors (Lipinski definition) is 11. The van der Waals surface area contributed by atoms with Crippen molar-refractivity contribution in [3.63, 3.8) is 0 Å². The molecule has 5 aromatic carbocycles. The van der Waals surface area contributed by atoms with Crippen LogP contribution < -0.4 is 20.9 Å². The highest BCUT2D eigenvalue weighted by molar-refractivity contribution is 5.89. The first-order valence-corrected chi connectivity index (χ1v) is 23.5. The smallest absolute Gasteiger partial charge is 0.408 e. The summed E-state index contributed by atoms with van der Waals surface area (Å²) in [6.07, 6.45) is 1.97. The zero-order valence-corrected chi connectivity index (χ0v) is 38.1. The van der Waals surface area contributed by atoms with Crippen LogP contribution in [0.1, 0.15) is 76.0 Å². The van der Waals surface area contributed by atoms with Crippen LogP contribution in [-0.2, 0) is 27.3 Å². The van der Waals surface area contributed by atoms with Crippen LogP contribution in [0, 0.1) is 5.92 Å². The Hall–Kier alpha value is -7.00. The minimum Gasteiger partial charge on any atom is -0.506 e. The van der Waals surface area contributed by atoms with E-state index >= 15 is 0 Å². The summed E-state index contributed by atoms with van der Waals surface area (Å²) in [6.45, 7) is 4.89. The Morgan fingerprint density at radius 1 is 0.809 bits per heavy atom. The zero-order chi connectivity index (χ0) is 47.2. The lowest BCUT2D eigenvalue weighted by atomic mass is 9.86. The van der Waals surface area contributed by atoms with E-state index in [4.69, 9.17) is 14.2 Å². The number of aromatic hydroxyl groups is 1. The van der Waals surface area contributed by atoms with Crippen molar-refractivity contribution in [3.8, 4) is 11.5 Å². The first-order valence-electron chi connectivity index (χ1n) is 23.5. The van der Waals surface area contributed by atoms with E-state index in [9.17, 15) is 29.4 Å². The van der Waals surface area contributed by atoms with Gasteiger partial charge in [-0.2, -0.15) is 0 Å². The van der Waals surface area contributed by atoms with Gasteiger partial charge in [-0.1, -0.05) is 91.0 Å². The Labute approximate surface area is 395 Å². The fourth-order valence-corrected chi connectivity index (χ4v) is 9.07. The number of amides is 2. The highest BCUT2D eigenvalue weighted by atomic mass is 16.6. The summed E-state index contributed by atoms with van der Waals surface area (Å²) >= 11 is 0. The lowest BCUT2D eigenvalue weighted by molar-refractivity contribution is -0.130. The van der Waals surface area contributed by atoms with Gasteiger partial charge in [-0.25, -0.2) is 9.59 Å². The maximum absolute atomic E-state index is 13.5. The fourth-order valence-electron chi connectivity index (χ4n) is 9.07. The molecule has 4 heterocycles. The van der Waals surface area contributed by atoms with Crippen molar-refractivity contribution in [2.45, 2.75) is 57.0 Å². The highest BCUT2D eigenvalue weighted by Gasteiger charge is 2.37. The summed E-state index contributed by atoms with van der Waals surface area (Å²) in [5.74, 6) is 0.461. The summed E-state index contributed by atoms with van der Waals surface area (Å²) in [6, 6.07) is 39.6. The molecule has 2 bridgehead atoms. The van der Waals surface area contributed by atoms with Gasteiger partial charge in [-0.3, -0.25) is 14.5 Å². The fraction of sp³-hybridized carbons (Fsp3) is 0.333. The van der Waals surface area contributed by atoms with Crippen LogP contribution in [0.5, 0.6) is 11.5 Å².